The Morgan fingerprint density at radius 2 is 1.97 bits per heavy atom. The van der Waals surface area contributed by atoms with Crippen molar-refractivity contribution in [3.63, 3.8) is 0 Å². The van der Waals surface area contributed by atoms with Crippen LogP contribution in [0.3, 0.4) is 0 Å². The third kappa shape index (κ3) is 4.62. The zero-order valence-corrected chi connectivity index (χ0v) is 20.4. The number of carbonyl (C=O) groups excluding carboxylic acids is 1. The van der Waals surface area contributed by atoms with E-state index in [1.807, 2.05) is 30.3 Å². The summed E-state index contributed by atoms with van der Waals surface area (Å²) in [5.41, 5.74) is 2.07. The number of hydrogen-bond acceptors (Lipinski definition) is 6. The van der Waals surface area contributed by atoms with Crippen molar-refractivity contribution in [1.29, 1.82) is 0 Å². The van der Waals surface area contributed by atoms with Crippen LogP contribution in [-0.4, -0.2) is 23.8 Å². The molecule has 0 unspecified atom stereocenters. The quantitative estimate of drug-likeness (QED) is 0.367. The first-order valence-electron chi connectivity index (χ1n) is 10.7. The molecule has 6 nitrogen and oxygen atoms in total. The summed E-state index contributed by atoms with van der Waals surface area (Å²) in [6.07, 6.45) is 3.41. The Kier molecular flexibility index (Phi) is 7.14. The maximum atomic E-state index is 13.6. The van der Waals surface area contributed by atoms with E-state index in [1.165, 1.54) is 11.3 Å². The van der Waals surface area contributed by atoms with E-state index in [0.717, 1.165) is 11.1 Å². The minimum atomic E-state index is -0.683. The van der Waals surface area contributed by atoms with Crippen molar-refractivity contribution in [2.24, 2.45) is 4.99 Å². The van der Waals surface area contributed by atoms with E-state index in [2.05, 4.69) is 11.6 Å². The summed E-state index contributed by atoms with van der Waals surface area (Å²) in [7, 11) is 0. The van der Waals surface area contributed by atoms with Gasteiger partial charge in [0.05, 0.1) is 28.5 Å². The molecule has 8 heteroatoms. The molecule has 0 saturated carbocycles. The van der Waals surface area contributed by atoms with Gasteiger partial charge in [-0.15, -0.1) is 0 Å². The fourth-order valence-electron chi connectivity index (χ4n) is 3.74. The molecule has 34 heavy (non-hydrogen) atoms. The number of hydrogen-bond donors (Lipinski definition) is 0. The minimum absolute atomic E-state index is 0.216. The van der Waals surface area contributed by atoms with Gasteiger partial charge in [0.15, 0.2) is 4.80 Å². The summed E-state index contributed by atoms with van der Waals surface area (Å²) in [4.78, 5) is 31.6. The van der Waals surface area contributed by atoms with E-state index in [4.69, 9.17) is 21.1 Å². The highest BCUT2D eigenvalue weighted by Crippen LogP contribution is 2.31. The van der Waals surface area contributed by atoms with Gasteiger partial charge in [-0.05, 0) is 49.2 Å². The first-order valence-corrected chi connectivity index (χ1v) is 11.9. The number of nitrogens with zero attached hydrogens (tertiary/aromatic N) is 2. The standard InChI is InChI=1S/C26H23ClN2O4S/c1-4-14-33-19-12-10-17(11-13-19)23-22(25(31)32-5-2)16(3)28-26-29(23)24(30)21(34-26)15-18-8-6-7-9-20(18)27/h4,6-13,15,23H,1,5,14H2,2-3H3/t23-/m0/s1. The summed E-state index contributed by atoms with van der Waals surface area (Å²) in [6.45, 7) is 7.75. The van der Waals surface area contributed by atoms with Crippen LogP contribution in [-0.2, 0) is 9.53 Å². The fourth-order valence-corrected chi connectivity index (χ4v) is 4.97. The summed E-state index contributed by atoms with van der Waals surface area (Å²) >= 11 is 7.56. The molecule has 0 amide bonds. The average molecular weight is 495 g/mol. The largest absolute Gasteiger partial charge is 0.490 e. The van der Waals surface area contributed by atoms with E-state index < -0.39 is 12.0 Å². The van der Waals surface area contributed by atoms with Crippen LogP contribution >= 0.6 is 22.9 Å². The van der Waals surface area contributed by atoms with Gasteiger partial charge in [-0.3, -0.25) is 9.36 Å². The Morgan fingerprint density at radius 3 is 2.65 bits per heavy atom. The molecule has 174 valence electrons. The van der Waals surface area contributed by atoms with Crippen LogP contribution in [0, 0.1) is 0 Å². The number of esters is 1. The number of halogens is 1. The zero-order valence-electron chi connectivity index (χ0n) is 18.8. The van der Waals surface area contributed by atoms with Crippen LogP contribution in [0.1, 0.15) is 31.0 Å². The maximum absolute atomic E-state index is 13.6. The molecule has 0 saturated heterocycles. The van der Waals surface area contributed by atoms with Crippen molar-refractivity contribution in [3.05, 3.63) is 108 Å². The van der Waals surface area contributed by atoms with Gasteiger partial charge in [0.2, 0.25) is 0 Å². The second kappa shape index (κ2) is 10.2. The highest BCUT2D eigenvalue weighted by atomic mass is 35.5. The lowest BCUT2D eigenvalue weighted by molar-refractivity contribution is -0.139. The lowest BCUT2D eigenvalue weighted by atomic mass is 9.96. The van der Waals surface area contributed by atoms with Crippen LogP contribution in [0.4, 0.5) is 0 Å². The number of fused-ring (bicyclic) bond motifs is 1. The lowest BCUT2D eigenvalue weighted by Crippen LogP contribution is -2.39. The highest BCUT2D eigenvalue weighted by molar-refractivity contribution is 7.07. The molecule has 1 aliphatic rings. The number of allylic oxidation sites excluding steroid dienone is 1. The smallest absolute Gasteiger partial charge is 0.338 e. The molecule has 3 aromatic rings. The second-order valence-corrected chi connectivity index (χ2v) is 8.91. The van der Waals surface area contributed by atoms with Crippen molar-refractivity contribution in [3.8, 4) is 5.75 Å². The van der Waals surface area contributed by atoms with Gasteiger partial charge in [-0.1, -0.05) is 65.9 Å². The number of carbonyl (C=O) groups is 1. The third-order valence-corrected chi connectivity index (χ3v) is 6.60. The number of thiazole rings is 1. The molecule has 2 aromatic carbocycles. The summed E-state index contributed by atoms with van der Waals surface area (Å²) in [5.74, 6) is 0.161. The van der Waals surface area contributed by atoms with E-state index in [1.54, 1.807) is 48.8 Å². The molecular formula is C26H23ClN2O4S. The van der Waals surface area contributed by atoms with Gasteiger partial charge in [0.25, 0.3) is 5.56 Å². The van der Waals surface area contributed by atoms with Crippen molar-refractivity contribution in [1.82, 2.24) is 4.57 Å². The Morgan fingerprint density at radius 1 is 1.24 bits per heavy atom. The zero-order chi connectivity index (χ0) is 24.2. The van der Waals surface area contributed by atoms with Gasteiger partial charge in [-0.25, -0.2) is 9.79 Å². The summed E-state index contributed by atoms with van der Waals surface area (Å²) in [6, 6.07) is 13.9. The van der Waals surface area contributed by atoms with Gasteiger partial charge in [-0.2, -0.15) is 0 Å². The lowest BCUT2D eigenvalue weighted by Gasteiger charge is -2.24. The Hall–Kier alpha value is -3.42. The Labute approximate surface area is 205 Å². The Bertz CT molecular complexity index is 1450. The number of rotatable bonds is 7. The highest BCUT2D eigenvalue weighted by Gasteiger charge is 2.33. The molecule has 4 rings (SSSR count). The number of benzene rings is 2. The predicted octanol–water partition coefficient (Wildman–Crippen LogP) is 4.02. The molecule has 1 aromatic heterocycles. The molecule has 0 bridgehead atoms. The summed E-state index contributed by atoms with van der Waals surface area (Å²) in [5, 5.41) is 0.545. The van der Waals surface area contributed by atoms with Gasteiger partial charge < -0.3 is 9.47 Å². The molecule has 0 radical (unpaired) electrons. The summed E-state index contributed by atoms with van der Waals surface area (Å²) < 4.78 is 12.9. The molecule has 2 heterocycles. The van der Waals surface area contributed by atoms with Gasteiger partial charge in [0, 0.05) is 5.02 Å². The van der Waals surface area contributed by atoms with E-state index in [9.17, 15) is 9.59 Å². The molecule has 0 N–H and O–H groups in total. The maximum Gasteiger partial charge on any atom is 0.338 e. The fraction of sp³-hybridized carbons (Fsp3) is 0.192. The topological polar surface area (TPSA) is 69.9 Å². The predicted molar refractivity (Wildman–Crippen MR) is 134 cm³/mol. The van der Waals surface area contributed by atoms with Crippen molar-refractivity contribution in [2.75, 3.05) is 13.2 Å². The molecule has 0 spiro atoms. The second-order valence-electron chi connectivity index (χ2n) is 7.49. The third-order valence-electron chi connectivity index (χ3n) is 5.27. The number of ether oxygens (including phenoxy) is 2. The van der Waals surface area contributed by atoms with Crippen LogP contribution in [0.2, 0.25) is 5.02 Å². The van der Waals surface area contributed by atoms with E-state index in [-0.39, 0.29) is 12.2 Å². The first kappa shape index (κ1) is 23.7. The van der Waals surface area contributed by atoms with Crippen LogP contribution < -0.4 is 19.6 Å². The van der Waals surface area contributed by atoms with Gasteiger partial charge >= 0.3 is 5.97 Å². The molecule has 1 aliphatic heterocycles. The first-order chi connectivity index (χ1) is 16.4. The molecular weight excluding hydrogens is 472 g/mol. The van der Waals surface area contributed by atoms with E-state index in [0.29, 0.717) is 38.0 Å². The van der Waals surface area contributed by atoms with Crippen molar-refractivity contribution >= 4 is 35.0 Å². The SMILES string of the molecule is C=CCOc1ccc([C@H]2C(C(=O)OCC)=C(C)N=c3sc(=Cc4ccccc4Cl)c(=O)n32)cc1. The monoisotopic (exact) mass is 494 g/mol. The molecule has 1 atom stereocenters. The van der Waals surface area contributed by atoms with Crippen molar-refractivity contribution < 1.29 is 14.3 Å². The van der Waals surface area contributed by atoms with E-state index >= 15 is 0 Å². The molecule has 0 fully saturated rings. The van der Waals surface area contributed by atoms with Crippen molar-refractivity contribution in [2.45, 2.75) is 19.9 Å². The minimum Gasteiger partial charge on any atom is -0.490 e. The average Bonchev–Trinajstić information content (AvgIpc) is 3.13. The normalized spacial score (nSPS) is 15.5. The van der Waals surface area contributed by atoms with Crippen LogP contribution in [0.15, 0.2) is 82.2 Å². The van der Waals surface area contributed by atoms with Gasteiger partial charge in [0.1, 0.15) is 12.4 Å². The van der Waals surface area contributed by atoms with Crippen LogP contribution in [0.5, 0.6) is 5.75 Å². The molecule has 0 aliphatic carbocycles. The number of aromatic nitrogens is 1. The van der Waals surface area contributed by atoms with Crippen LogP contribution in [0.25, 0.3) is 6.08 Å². The Balaban J connectivity index is 1.90.